The number of nitrogens with zero attached hydrogens (tertiary/aromatic N) is 1. The molecule has 10 heteroatoms. The summed E-state index contributed by atoms with van der Waals surface area (Å²) in [6, 6.07) is 0. The highest BCUT2D eigenvalue weighted by molar-refractivity contribution is 7.91. The van der Waals surface area contributed by atoms with E-state index in [1.54, 1.807) is 6.92 Å². The Bertz CT molecular complexity index is 444. The van der Waals surface area contributed by atoms with E-state index in [0.29, 0.717) is 0 Å². The van der Waals surface area contributed by atoms with E-state index in [2.05, 4.69) is 0 Å². The van der Waals surface area contributed by atoms with Crippen LogP contribution in [-0.4, -0.2) is 80.7 Å². The molecule has 8 nitrogen and oxygen atoms in total. The molecule has 1 saturated heterocycles. The summed E-state index contributed by atoms with van der Waals surface area (Å²) in [5.41, 5.74) is -1.07. The molecule has 1 aliphatic rings. The monoisotopic (exact) mass is 345 g/mol. The highest BCUT2D eigenvalue weighted by atomic mass is 35.5. The molecule has 0 bridgehead atoms. The lowest BCUT2D eigenvalue weighted by Crippen LogP contribution is -2.45. The van der Waals surface area contributed by atoms with Crippen LogP contribution >= 0.6 is 11.8 Å². The summed E-state index contributed by atoms with van der Waals surface area (Å²) in [6.45, 7) is 2.20. The lowest BCUT2D eigenvalue weighted by Gasteiger charge is -2.25. The second-order valence-corrected chi connectivity index (χ2v) is 7.39. The van der Waals surface area contributed by atoms with E-state index in [0.717, 1.165) is 4.42 Å². The zero-order chi connectivity index (χ0) is 15.9. The van der Waals surface area contributed by atoms with Crippen LogP contribution in [0.3, 0.4) is 0 Å². The molecule has 0 radical (unpaired) electrons. The number of sulfone groups is 1. The highest BCUT2D eigenvalue weighted by Crippen LogP contribution is 2.27. The summed E-state index contributed by atoms with van der Waals surface area (Å²) in [6.07, 6.45) is -0.744. The van der Waals surface area contributed by atoms with Gasteiger partial charge in [-0.15, -0.1) is 0 Å². The first-order valence-electron chi connectivity index (χ1n) is 6.40. The van der Waals surface area contributed by atoms with Crippen LogP contribution in [0.25, 0.3) is 0 Å². The number of cyclic esters (lactones) is 1. The number of rotatable bonds is 10. The maximum atomic E-state index is 12.0. The number of hydrogen-bond acceptors (Lipinski definition) is 7. The third-order valence-electron chi connectivity index (χ3n) is 2.82. The fourth-order valence-electron chi connectivity index (χ4n) is 1.77. The average molecular weight is 346 g/mol. The summed E-state index contributed by atoms with van der Waals surface area (Å²) < 4.78 is 39.6. The quantitative estimate of drug-likeness (QED) is 0.431. The second-order valence-electron chi connectivity index (χ2n) is 4.87. The molecular weight excluding hydrogens is 326 g/mol. The van der Waals surface area contributed by atoms with Gasteiger partial charge in [0.25, 0.3) is 0 Å². The number of aliphatic hydroxyl groups excluding tert-OH is 1. The minimum Gasteiger partial charge on any atom is -0.446 e. The zero-order valence-electron chi connectivity index (χ0n) is 11.8. The fraction of sp³-hybridized carbons (Fsp3) is 0.909. The number of aliphatic hydroxyl groups is 1. The van der Waals surface area contributed by atoms with Gasteiger partial charge < -0.3 is 19.3 Å². The lowest BCUT2D eigenvalue weighted by atomic mass is 10.1. The van der Waals surface area contributed by atoms with Gasteiger partial charge in [-0.25, -0.2) is 17.6 Å². The van der Waals surface area contributed by atoms with Gasteiger partial charge in [-0.3, -0.25) is 0 Å². The van der Waals surface area contributed by atoms with Crippen molar-refractivity contribution in [2.75, 3.05) is 51.1 Å². The minimum absolute atomic E-state index is 0.0258. The summed E-state index contributed by atoms with van der Waals surface area (Å²) in [7, 11) is -3.44. The zero-order valence-corrected chi connectivity index (χ0v) is 13.4. The summed E-state index contributed by atoms with van der Waals surface area (Å²) in [5, 5.41) is 8.48. The van der Waals surface area contributed by atoms with E-state index in [-0.39, 0.29) is 51.1 Å². The van der Waals surface area contributed by atoms with E-state index in [1.165, 1.54) is 0 Å². The molecule has 1 aliphatic heterocycles. The Morgan fingerprint density at radius 3 is 2.48 bits per heavy atom. The Morgan fingerprint density at radius 2 is 1.95 bits per heavy atom. The summed E-state index contributed by atoms with van der Waals surface area (Å²) in [4.78, 5) is 11.2. The molecule has 1 fully saturated rings. The molecule has 1 heterocycles. The Morgan fingerprint density at radius 1 is 1.33 bits per heavy atom. The van der Waals surface area contributed by atoms with Gasteiger partial charge in [0.15, 0.2) is 9.84 Å². The Kier molecular flexibility index (Phi) is 7.14. The minimum atomic E-state index is -3.44. The number of carbonyl (C=O) groups is 1. The molecule has 124 valence electrons. The molecular formula is C11H20ClNO7S. The smallest absolute Gasteiger partial charge is 0.425 e. The van der Waals surface area contributed by atoms with Crippen LogP contribution in [0.5, 0.6) is 0 Å². The normalized spacial score (nSPS) is 22.6. The standard InChI is InChI=1S/C11H20ClNO7S/c1-11(8-20-10(15)13(11)12)9-21(16,17)7-6-19-5-4-18-3-2-14/h14H,2-9H2,1H3. The predicted molar refractivity (Wildman–Crippen MR) is 74.8 cm³/mol. The molecule has 0 saturated carbocycles. The van der Waals surface area contributed by atoms with Gasteiger partial charge >= 0.3 is 6.09 Å². The first kappa shape index (κ1) is 18.4. The number of amides is 1. The van der Waals surface area contributed by atoms with Gasteiger partial charge in [-0.1, -0.05) is 0 Å². The van der Waals surface area contributed by atoms with Crippen molar-refractivity contribution in [1.29, 1.82) is 0 Å². The fourth-order valence-corrected chi connectivity index (χ4v) is 3.67. The molecule has 1 atom stereocenters. The second kappa shape index (κ2) is 8.14. The topological polar surface area (TPSA) is 102 Å². The van der Waals surface area contributed by atoms with E-state index in [4.69, 9.17) is 31.1 Å². The molecule has 0 spiro atoms. The Labute approximate surface area is 128 Å². The molecule has 0 aromatic rings. The molecule has 0 aliphatic carbocycles. The van der Waals surface area contributed by atoms with Crippen molar-refractivity contribution >= 4 is 27.7 Å². The maximum absolute atomic E-state index is 12.0. The molecule has 1 N–H and O–H groups in total. The number of ether oxygens (including phenoxy) is 3. The van der Waals surface area contributed by atoms with Gasteiger partial charge in [-0.05, 0) is 6.92 Å². The first-order valence-corrected chi connectivity index (χ1v) is 8.56. The van der Waals surface area contributed by atoms with Gasteiger partial charge in [-0.2, -0.15) is 0 Å². The van der Waals surface area contributed by atoms with Gasteiger partial charge in [0.1, 0.15) is 12.1 Å². The van der Waals surface area contributed by atoms with E-state index >= 15 is 0 Å². The molecule has 21 heavy (non-hydrogen) atoms. The molecule has 1 unspecified atom stereocenters. The third-order valence-corrected chi connectivity index (χ3v) is 5.21. The van der Waals surface area contributed by atoms with Crippen molar-refractivity contribution in [2.45, 2.75) is 12.5 Å². The van der Waals surface area contributed by atoms with Crippen molar-refractivity contribution in [3.05, 3.63) is 0 Å². The van der Waals surface area contributed by atoms with Gasteiger partial charge in [0, 0.05) is 11.8 Å². The lowest BCUT2D eigenvalue weighted by molar-refractivity contribution is 0.0375. The van der Waals surface area contributed by atoms with Crippen molar-refractivity contribution < 1.29 is 32.5 Å². The summed E-state index contributed by atoms with van der Waals surface area (Å²) in [5.74, 6) is -0.471. The summed E-state index contributed by atoms with van der Waals surface area (Å²) >= 11 is 5.73. The Balaban J connectivity index is 2.29. The molecule has 1 amide bonds. The SMILES string of the molecule is CC1(CS(=O)(=O)CCOCCOCCO)COC(=O)N1Cl. The van der Waals surface area contributed by atoms with Crippen LogP contribution in [-0.2, 0) is 24.0 Å². The predicted octanol–water partition coefficient (Wildman–Crippen LogP) is -0.209. The van der Waals surface area contributed by atoms with Gasteiger partial charge in [0.05, 0.1) is 44.5 Å². The van der Waals surface area contributed by atoms with E-state index in [1.807, 2.05) is 0 Å². The third kappa shape index (κ3) is 5.95. The van der Waals surface area contributed by atoms with E-state index in [9.17, 15) is 13.2 Å². The van der Waals surface area contributed by atoms with Crippen molar-refractivity contribution in [3.8, 4) is 0 Å². The van der Waals surface area contributed by atoms with Crippen LogP contribution in [0.1, 0.15) is 6.92 Å². The Hall–Kier alpha value is -0.610. The van der Waals surface area contributed by atoms with Crippen LogP contribution in [0, 0.1) is 0 Å². The number of hydrogen-bond donors (Lipinski definition) is 1. The van der Waals surface area contributed by atoms with Crippen LogP contribution in [0.4, 0.5) is 4.79 Å². The molecule has 0 aromatic heterocycles. The highest BCUT2D eigenvalue weighted by Gasteiger charge is 2.46. The van der Waals surface area contributed by atoms with Crippen LogP contribution < -0.4 is 0 Å². The van der Waals surface area contributed by atoms with Gasteiger partial charge in [0.2, 0.25) is 0 Å². The van der Waals surface area contributed by atoms with E-state index < -0.39 is 21.5 Å². The van der Waals surface area contributed by atoms with Crippen LogP contribution in [0.2, 0.25) is 0 Å². The maximum Gasteiger partial charge on any atom is 0.425 e. The molecule has 1 rings (SSSR count). The number of carbonyl (C=O) groups excluding carboxylic acids is 1. The molecule has 0 aromatic carbocycles. The first-order chi connectivity index (χ1) is 9.81. The van der Waals surface area contributed by atoms with Crippen molar-refractivity contribution in [1.82, 2.24) is 4.42 Å². The number of halogens is 1. The van der Waals surface area contributed by atoms with Crippen LogP contribution in [0.15, 0.2) is 0 Å². The van der Waals surface area contributed by atoms with Crippen molar-refractivity contribution in [3.63, 3.8) is 0 Å². The van der Waals surface area contributed by atoms with Crippen molar-refractivity contribution in [2.24, 2.45) is 0 Å². The largest absolute Gasteiger partial charge is 0.446 e. The average Bonchev–Trinajstić information content (AvgIpc) is 2.65.